The highest BCUT2D eigenvalue weighted by Crippen LogP contribution is 2.29. The van der Waals surface area contributed by atoms with Crippen molar-refractivity contribution in [2.75, 3.05) is 0 Å². The van der Waals surface area contributed by atoms with Crippen LogP contribution in [0.1, 0.15) is 5.69 Å². The van der Waals surface area contributed by atoms with Crippen molar-refractivity contribution in [3.8, 4) is 17.1 Å². The first-order valence-electron chi connectivity index (χ1n) is 7.47. The van der Waals surface area contributed by atoms with E-state index < -0.39 is 17.5 Å². The summed E-state index contributed by atoms with van der Waals surface area (Å²) in [6.07, 6.45) is 3.09. The van der Waals surface area contributed by atoms with Crippen LogP contribution in [0.5, 0.6) is 0 Å². The molecule has 7 heteroatoms. The zero-order valence-electron chi connectivity index (χ0n) is 13.0. The SMILES string of the molecule is Cc1cc2c(-n3ccnc3-c3ccc(F)c(F)c3F)cccc2nn1. The van der Waals surface area contributed by atoms with Crippen LogP contribution >= 0.6 is 0 Å². The Kier molecular flexibility index (Phi) is 3.49. The van der Waals surface area contributed by atoms with Gasteiger partial charge in [0.1, 0.15) is 5.82 Å². The number of benzene rings is 2. The molecule has 0 fully saturated rings. The minimum absolute atomic E-state index is 0.125. The first kappa shape index (κ1) is 15.3. The van der Waals surface area contributed by atoms with E-state index in [0.717, 1.165) is 17.1 Å². The van der Waals surface area contributed by atoms with E-state index >= 15 is 0 Å². The number of aromatic nitrogens is 4. The van der Waals surface area contributed by atoms with Crippen LogP contribution in [0.3, 0.4) is 0 Å². The molecule has 0 aliphatic heterocycles. The van der Waals surface area contributed by atoms with Gasteiger partial charge < -0.3 is 0 Å². The largest absolute Gasteiger partial charge is 0.299 e. The number of nitrogens with zero attached hydrogens (tertiary/aromatic N) is 4. The van der Waals surface area contributed by atoms with Gasteiger partial charge in [0.05, 0.1) is 22.5 Å². The summed E-state index contributed by atoms with van der Waals surface area (Å²) in [5.41, 5.74) is 1.95. The van der Waals surface area contributed by atoms with E-state index in [-0.39, 0.29) is 11.4 Å². The normalized spacial score (nSPS) is 11.2. The maximum Gasteiger partial charge on any atom is 0.195 e. The smallest absolute Gasteiger partial charge is 0.195 e. The molecule has 2 aromatic carbocycles. The molecule has 4 nitrogen and oxygen atoms in total. The van der Waals surface area contributed by atoms with Gasteiger partial charge in [-0.3, -0.25) is 4.57 Å². The van der Waals surface area contributed by atoms with Crippen molar-refractivity contribution in [3.05, 3.63) is 71.9 Å². The zero-order valence-corrected chi connectivity index (χ0v) is 13.0. The highest BCUT2D eigenvalue weighted by atomic mass is 19.2. The third-order valence-corrected chi connectivity index (χ3v) is 3.91. The lowest BCUT2D eigenvalue weighted by Gasteiger charge is -2.12. The summed E-state index contributed by atoms with van der Waals surface area (Å²) in [6.45, 7) is 1.81. The molecular formula is C18H11F3N4. The van der Waals surface area contributed by atoms with Gasteiger partial charge in [0.25, 0.3) is 0 Å². The molecule has 25 heavy (non-hydrogen) atoms. The molecule has 0 amide bonds. The van der Waals surface area contributed by atoms with Crippen LogP contribution in [-0.4, -0.2) is 19.7 Å². The van der Waals surface area contributed by atoms with Gasteiger partial charge in [0.2, 0.25) is 0 Å². The van der Waals surface area contributed by atoms with E-state index in [4.69, 9.17) is 0 Å². The van der Waals surface area contributed by atoms with Crippen molar-refractivity contribution < 1.29 is 13.2 Å². The summed E-state index contributed by atoms with van der Waals surface area (Å²) in [7, 11) is 0. The Morgan fingerprint density at radius 1 is 0.960 bits per heavy atom. The van der Waals surface area contributed by atoms with Gasteiger partial charge in [-0.15, -0.1) is 0 Å². The molecule has 0 bridgehead atoms. The average molecular weight is 340 g/mol. The molecule has 4 aromatic rings. The molecule has 0 atom stereocenters. The second-order valence-electron chi connectivity index (χ2n) is 5.54. The topological polar surface area (TPSA) is 43.6 Å². The van der Waals surface area contributed by atoms with Gasteiger partial charge in [-0.05, 0) is 37.3 Å². The fraction of sp³-hybridized carbons (Fsp3) is 0.0556. The Morgan fingerprint density at radius 3 is 2.64 bits per heavy atom. The van der Waals surface area contributed by atoms with E-state index in [9.17, 15) is 13.2 Å². The Morgan fingerprint density at radius 2 is 1.80 bits per heavy atom. The Balaban J connectivity index is 1.98. The maximum atomic E-state index is 14.2. The quantitative estimate of drug-likeness (QED) is 0.514. The number of hydrogen-bond acceptors (Lipinski definition) is 3. The molecule has 0 N–H and O–H groups in total. The second-order valence-corrected chi connectivity index (χ2v) is 5.54. The van der Waals surface area contributed by atoms with E-state index in [2.05, 4.69) is 15.2 Å². The lowest BCUT2D eigenvalue weighted by Crippen LogP contribution is -2.02. The summed E-state index contributed by atoms with van der Waals surface area (Å²) < 4.78 is 42.7. The number of aryl methyl sites for hydroxylation is 1. The molecule has 124 valence electrons. The summed E-state index contributed by atoms with van der Waals surface area (Å²) >= 11 is 0. The van der Waals surface area contributed by atoms with Gasteiger partial charge in [0, 0.05) is 17.8 Å². The molecule has 2 aromatic heterocycles. The highest BCUT2D eigenvalue weighted by molar-refractivity contribution is 5.87. The number of imidazole rings is 1. The van der Waals surface area contributed by atoms with E-state index in [1.54, 1.807) is 22.9 Å². The molecule has 0 unspecified atom stereocenters. The zero-order chi connectivity index (χ0) is 17.6. The summed E-state index contributed by atoms with van der Waals surface area (Å²) in [5.74, 6) is -3.87. The third kappa shape index (κ3) is 2.44. The lowest BCUT2D eigenvalue weighted by atomic mass is 10.1. The minimum Gasteiger partial charge on any atom is -0.299 e. The monoisotopic (exact) mass is 340 g/mol. The van der Waals surface area contributed by atoms with Crippen LogP contribution in [0.15, 0.2) is 48.8 Å². The van der Waals surface area contributed by atoms with Crippen molar-refractivity contribution >= 4 is 10.9 Å². The lowest BCUT2D eigenvalue weighted by molar-refractivity contribution is 0.448. The fourth-order valence-electron chi connectivity index (χ4n) is 2.75. The van der Waals surface area contributed by atoms with Gasteiger partial charge in [-0.1, -0.05) is 6.07 Å². The summed E-state index contributed by atoms with van der Waals surface area (Å²) in [5, 5.41) is 8.94. The van der Waals surface area contributed by atoms with Gasteiger partial charge in [-0.25, -0.2) is 18.2 Å². The number of hydrogen-bond donors (Lipinski definition) is 0. The Labute approximate surface area is 140 Å². The van der Waals surface area contributed by atoms with Crippen LogP contribution in [-0.2, 0) is 0 Å². The van der Waals surface area contributed by atoms with E-state index in [1.165, 1.54) is 12.3 Å². The molecule has 0 spiro atoms. The van der Waals surface area contributed by atoms with Crippen LogP contribution in [0.25, 0.3) is 28.0 Å². The van der Waals surface area contributed by atoms with Gasteiger partial charge >= 0.3 is 0 Å². The molecular weight excluding hydrogens is 329 g/mol. The average Bonchev–Trinajstić information content (AvgIpc) is 3.08. The number of rotatable bonds is 2. The first-order chi connectivity index (χ1) is 12.1. The molecule has 4 rings (SSSR count). The minimum atomic E-state index is -1.52. The molecule has 0 saturated carbocycles. The van der Waals surface area contributed by atoms with Crippen LogP contribution in [0.4, 0.5) is 13.2 Å². The predicted octanol–water partition coefficient (Wildman–Crippen LogP) is 4.21. The van der Waals surface area contributed by atoms with Crippen LogP contribution < -0.4 is 0 Å². The van der Waals surface area contributed by atoms with Gasteiger partial charge in [-0.2, -0.15) is 10.2 Å². The van der Waals surface area contributed by atoms with E-state index in [0.29, 0.717) is 11.2 Å². The number of fused-ring (bicyclic) bond motifs is 1. The third-order valence-electron chi connectivity index (χ3n) is 3.91. The van der Waals surface area contributed by atoms with Crippen molar-refractivity contribution in [1.82, 2.24) is 19.7 Å². The molecule has 2 heterocycles. The second kappa shape index (κ2) is 5.70. The van der Waals surface area contributed by atoms with Crippen molar-refractivity contribution in [3.63, 3.8) is 0 Å². The predicted molar refractivity (Wildman–Crippen MR) is 86.7 cm³/mol. The van der Waals surface area contributed by atoms with E-state index in [1.807, 2.05) is 19.1 Å². The first-order valence-corrected chi connectivity index (χ1v) is 7.47. The fourth-order valence-corrected chi connectivity index (χ4v) is 2.75. The van der Waals surface area contributed by atoms with Crippen LogP contribution in [0, 0.1) is 24.4 Å². The summed E-state index contributed by atoms with van der Waals surface area (Å²) in [4.78, 5) is 4.12. The maximum absolute atomic E-state index is 14.2. The van der Waals surface area contributed by atoms with Crippen LogP contribution in [0.2, 0.25) is 0 Å². The van der Waals surface area contributed by atoms with Crippen molar-refractivity contribution in [1.29, 1.82) is 0 Å². The molecule has 0 aliphatic rings. The molecule has 0 radical (unpaired) electrons. The molecule has 0 aliphatic carbocycles. The Hall–Kier alpha value is -3.22. The Bertz CT molecular complexity index is 1100. The van der Waals surface area contributed by atoms with Gasteiger partial charge in [0.15, 0.2) is 17.5 Å². The summed E-state index contributed by atoms with van der Waals surface area (Å²) in [6, 6.07) is 9.30. The highest BCUT2D eigenvalue weighted by Gasteiger charge is 2.19. The van der Waals surface area contributed by atoms with Crippen molar-refractivity contribution in [2.24, 2.45) is 0 Å². The molecule has 0 saturated heterocycles. The standard InChI is InChI=1S/C18H11F3N4/c1-10-9-12-14(24-23-10)3-2-4-15(12)25-8-7-22-18(25)11-5-6-13(19)17(21)16(11)20/h2-9H,1H3. The number of halogens is 3. The van der Waals surface area contributed by atoms with Crippen molar-refractivity contribution in [2.45, 2.75) is 6.92 Å².